The number of amides is 1. The molecule has 1 fully saturated rings. The van der Waals surface area contributed by atoms with Crippen LogP contribution in [-0.2, 0) is 4.79 Å². The van der Waals surface area contributed by atoms with Crippen molar-refractivity contribution in [3.63, 3.8) is 0 Å². The molecule has 3 rings (SSSR count). The van der Waals surface area contributed by atoms with E-state index in [2.05, 4.69) is 20.8 Å². The summed E-state index contributed by atoms with van der Waals surface area (Å²) in [6.45, 7) is 5.03. The number of nitrogens with zero attached hydrogens (tertiary/aromatic N) is 2. The Morgan fingerprint density at radius 1 is 1.16 bits per heavy atom. The number of anilines is 1. The fraction of sp³-hybridized carbons (Fsp3) is 0.316. The Morgan fingerprint density at radius 2 is 1.92 bits per heavy atom. The van der Waals surface area contributed by atoms with E-state index in [1.807, 2.05) is 54.3 Å². The molecule has 25 heavy (non-hydrogen) atoms. The number of carbonyl (C=O) groups excluding carboxylic acids is 1. The van der Waals surface area contributed by atoms with Crippen LogP contribution >= 0.6 is 27.5 Å². The Labute approximate surface area is 161 Å². The van der Waals surface area contributed by atoms with Gasteiger partial charge in [-0.1, -0.05) is 33.6 Å². The van der Waals surface area contributed by atoms with Crippen LogP contribution in [0.1, 0.15) is 5.56 Å². The van der Waals surface area contributed by atoms with Gasteiger partial charge in [0.05, 0.1) is 0 Å². The minimum atomic E-state index is 0.0197. The zero-order valence-electron chi connectivity index (χ0n) is 14.0. The molecule has 1 aliphatic heterocycles. The second-order valence-electron chi connectivity index (χ2n) is 6.05. The van der Waals surface area contributed by atoms with Gasteiger partial charge in [-0.05, 0) is 48.9 Å². The Bertz CT molecular complexity index is 761. The molecule has 0 bridgehead atoms. The minimum Gasteiger partial charge on any atom is -0.484 e. The van der Waals surface area contributed by atoms with E-state index in [9.17, 15) is 4.79 Å². The Hall–Kier alpha value is -1.72. The normalized spacial score (nSPS) is 14.5. The van der Waals surface area contributed by atoms with E-state index < -0.39 is 0 Å². The molecule has 0 aromatic heterocycles. The maximum absolute atomic E-state index is 12.4. The fourth-order valence-electron chi connectivity index (χ4n) is 2.83. The van der Waals surface area contributed by atoms with Crippen molar-refractivity contribution in [3.05, 3.63) is 57.5 Å². The number of rotatable bonds is 4. The van der Waals surface area contributed by atoms with E-state index in [0.717, 1.165) is 33.8 Å². The highest BCUT2D eigenvalue weighted by Gasteiger charge is 2.21. The lowest BCUT2D eigenvalue weighted by atomic mass is 10.2. The first-order valence-electron chi connectivity index (χ1n) is 8.20. The van der Waals surface area contributed by atoms with Crippen LogP contribution in [0, 0.1) is 6.92 Å². The maximum Gasteiger partial charge on any atom is 0.260 e. The highest BCUT2D eigenvalue weighted by Crippen LogP contribution is 2.22. The van der Waals surface area contributed by atoms with Crippen molar-refractivity contribution in [3.8, 4) is 5.75 Å². The molecule has 1 amide bonds. The van der Waals surface area contributed by atoms with E-state index in [-0.39, 0.29) is 12.5 Å². The molecule has 1 heterocycles. The van der Waals surface area contributed by atoms with Crippen molar-refractivity contribution in [2.24, 2.45) is 0 Å². The number of halogens is 2. The molecule has 0 radical (unpaired) electrons. The molecule has 4 nitrogen and oxygen atoms in total. The predicted molar refractivity (Wildman–Crippen MR) is 105 cm³/mol. The van der Waals surface area contributed by atoms with Crippen molar-refractivity contribution in [2.45, 2.75) is 6.92 Å². The molecule has 132 valence electrons. The molecule has 0 unspecified atom stereocenters. The summed E-state index contributed by atoms with van der Waals surface area (Å²) >= 11 is 9.51. The van der Waals surface area contributed by atoms with Crippen LogP contribution in [0.25, 0.3) is 0 Å². The third-order valence-corrected chi connectivity index (χ3v) is 5.42. The zero-order valence-corrected chi connectivity index (χ0v) is 16.4. The van der Waals surface area contributed by atoms with Crippen LogP contribution in [-0.4, -0.2) is 43.6 Å². The van der Waals surface area contributed by atoms with Gasteiger partial charge in [0.1, 0.15) is 5.75 Å². The van der Waals surface area contributed by atoms with E-state index in [1.54, 1.807) is 0 Å². The summed E-state index contributed by atoms with van der Waals surface area (Å²) in [5.74, 6) is 0.734. The van der Waals surface area contributed by atoms with Crippen molar-refractivity contribution >= 4 is 39.1 Å². The molecule has 1 aliphatic rings. The number of ether oxygens (including phenoxy) is 1. The number of carbonyl (C=O) groups is 1. The quantitative estimate of drug-likeness (QED) is 0.741. The van der Waals surface area contributed by atoms with E-state index in [4.69, 9.17) is 16.3 Å². The fourth-order valence-corrected chi connectivity index (χ4v) is 3.26. The Morgan fingerprint density at radius 3 is 2.60 bits per heavy atom. The lowest BCUT2D eigenvalue weighted by molar-refractivity contribution is -0.133. The summed E-state index contributed by atoms with van der Waals surface area (Å²) in [6, 6.07) is 13.5. The Balaban J connectivity index is 1.50. The molecule has 1 saturated heterocycles. The third kappa shape index (κ3) is 4.67. The van der Waals surface area contributed by atoms with Gasteiger partial charge in [0, 0.05) is 41.4 Å². The Kier molecular flexibility index (Phi) is 5.86. The van der Waals surface area contributed by atoms with Crippen LogP contribution in [0.2, 0.25) is 5.02 Å². The summed E-state index contributed by atoms with van der Waals surface area (Å²) in [4.78, 5) is 16.5. The SMILES string of the molecule is Cc1cc(OCC(=O)N2CCN(c3cccc(Cl)c3)CC2)ccc1Br. The molecule has 2 aromatic rings. The van der Waals surface area contributed by atoms with E-state index >= 15 is 0 Å². The zero-order chi connectivity index (χ0) is 17.8. The van der Waals surface area contributed by atoms with Crippen LogP contribution in [0.5, 0.6) is 5.75 Å². The first-order chi connectivity index (χ1) is 12.0. The van der Waals surface area contributed by atoms with Gasteiger partial charge in [-0.2, -0.15) is 0 Å². The summed E-state index contributed by atoms with van der Waals surface area (Å²) in [5, 5.41) is 0.731. The van der Waals surface area contributed by atoms with Gasteiger partial charge < -0.3 is 14.5 Å². The first kappa shape index (κ1) is 18.1. The summed E-state index contributed by atoms with van der Waals surface area (Å²) < 4.78 is 6.67. The molecule has 6 heteroatoms. The molecule has 2 aromatic carbocycles. The second-order valence-corrected chi connectivity index (χ2v) is 7.34. The van der Waals surface area contributed by atoms with Crippen LogP contribution in [0.3, 0.4) is 0 Å². The molecular formula is C19H20BrClN2O2. The minimum absolute atomic E-state index is 0.0197. The predicted octanol–water partition coefficient (Wildman–Crippen LogP) is 4.14. The lowest BCUT2D eigenvalue weighted by Crippen LogP contribution is -2.50. The monoisotopic (exact) mass is 422 g/mol. The van der Waals surface area contributed by atoms with Crippen LogP contribution in [0.15, 0.2) is 46.9 Å². The molecule has 0 saturated carbocycles. The van der Waals surface area contributed by atoms with Gasteiger partial charge in [0.25, 0.3) is 5.91 Å². The molecule has 0 atom stereocenters. The van der Waals surface area contributed by atoms with Crippen LogP contribution in [0.4, 0.5) is 5.69 Å². The lowest BCUT2D eigenvalue weighted by Gasteiger charge is -2.36. The van der Waals surface area contributed by atoms with Gasteiger partial charge in [0.15, 0.2) is 6.61 Å². The standard InChI is InChI=1S/C19H20BrClN2O2/c1-14-11-17(5-6-18(14)20)25-13-19(24)23-9-7-22(8-10-23)16-4-2-3-15(21)12-16/h2-6,11-12H,7-10,13H2,1H3. The highest BCUT2D eigenvalue weighted by molar-refractivity contribution is 9.10. The van der Waals surface area contributed by atoms with Crippen LogP contribution < -0.4 is 9.64 Å². The van der Waals surface area contributed by atoms with Gasteiger partial charge in [-0.25, -0.2) is 0 Å². The average Bonchev–Trinajstić information content (AvgIpc) is 2.62. The van der Waals surface area contributed by atoms with E-state index in [1.165, 1.54) is 0 Å². The molecule has 0 aliphatic carbocycles. The number of hydrogen-bond acceptors (Lipinski definition) is 3. The van der Waals surface area contributed by atoms with Gasteiger partial charge in [-0.3, -0.25) is 4.79 Å². The summed E-state index contributed by atoms with van der Waals surface area (Å²) in [7, 11) is 0. The smallest absolute Gasteiger partial charge is 0.260 e. The highest BCUT2D eigenvalue weighted by atomic mass is 79.9. The average molecular weight is 424 g/mol. The number of piperazine rings is 1. The summed E-state index contributed by atoms with van der Waals surface area (Å²) in [5.41, 5.74) is 2.18. The van der Waals surface area contributed by atoms with E-state index in [0.29, 0.717) is 18.8 Å². The third-order valence-electron chi connectivity index (χ3n) is 4.30. The number of hydrogen-bond donors (Lipinski definition) is 0. The van der Waals surface area contributed by atoms with Crippen molar-refractivity contribution in [2.75, 3.05) is 37.7 Å². The number of aryl methyl sites for hydroxylation is 1. The topological polar surface area (TPSA) is 32.8 Å². The molecule has 0 spiro atoms. The van der Waals surface area contributed by atoms with Gasteiger partial charge in [-0.15, -0.1) is 0 Å². The maximum atomic E-state index is 12.4. The second kappa shape index (κ2) is 8.11. The van der Waals surface area contributed by atoms with Crippen molar-refractivity contribution in [1.82, 2.24) is 4.90 Å². The van der Waals surface area contributed by atoms with Gasteiger partial charge in [0.2, 0.25) is 0 Å². The van der Waals surface area contributed by atoms with Gasteiger partial charge >= 0.3 is 0 Å². The number of benzene rings is 2. The largest absolute Gasteiger partial charge is 0.484 e. The first-order valence-corrected chi connectivity index (χ1v) is 9.37. The molecular weight excluding hydrogens is 404 g/mol. The molecule has 0 N–H and O–H groups in total. The van der Waals surface area contributed by atoms with Crippen molar-refractivity contribution in [1.29, 1.82) is 0 Å². The summed E-state index contributed by atoms with van der Waals surface area (Å²) in [6.07, 6.45) is 0. The van der Waals surface area contributed by atoms with Crippen molar-refractivity contribution < 1.29 is 9.53 Å².